The zero-order valence-electron chi connectivity index (χ0n) is 24.6. The van der Waals surface area contributed by atoms with Crippen LogP contribution in [0.1, 0.15) is 83.0 Å². The third-order valence-electron chi connectivity index (χ3n) is 8.19. The molecule has 2 unspecified atom stereocenters. The molecule has 2 aromatic carbocycles. The fourth-order valence-corrected chi connectivity index (χ4v) is 5.90. The van der Waals surface area contributed by atoms with Gasteiger partial charge in [-0.05, 0) is 61.2 Å². The number of aromatic nitrogens is 1. The highest BCUT2D eigenvalue weighted by Crippen LogP contribution is 2.32. The Kier molecular flexibility index (Phi) is 8.68. The maximum absolute atomic E-state index is 13.2. The summed E-state index contributed by atoms with van der Waals surface area (Å²) >= 11 is 0. The molecule has 2 aliphatic heterocycles. The Hall–Kier alpha value is -5.32. The Morgan fingerprint density at radius 2 is 1.76 bits per heavy atom. The molecule has 0 saturated carbocycles. The number of pyridine rings is 1. The monoisotopic (exact) mass is 607 g/mol. The number of rotatable bonds is 12. The van der Waals surface area contributed by atoms with E-state index in [9.17, 15) is 24.0 Å². The molecule has 0 radical (unpaired) electrons. The van der Waals surface area contributed by atoms with Gasteiger partial charge in [0.15, 0.2) is 0 Å². The van der Waals surface area contributed by atoms with E-state index in [1.165, 1.54) is 0 Å². The quantitative estimate of drug-likeness (QED) is 0.157. The molecule has 1 fully saturated rings. The summed E-state index contributed by atoms with van der Waals surface area (Å²) in [6.07, 6.45) is 7.15. The van der Waals surface area contributed by atoms with Gasteiger partial charge < -0.3 is 15.1 Å². The van der Waals surface area contributed by atoms with E-state index >= 15 is 0 Å². The van der Waals surface area contributed by atoms with Crippen molar-refractivity contribution in [1.29, 1.82) is 0 Å². The number of hydrogen-bond donors (Lipinski definition) is 3. The van der Waals surface area contributed by atoms with Gasteiger partial charge in [-0.1, -0.05) is 37.1 Å². The van der Waals surface area contributed by atoms with Gasteiger partial charge in [-0.25, -0.2) is 0 Å². The lowest BCUT2D eigenvalue weighted by Gasteiger charge is -2.27. The number of benzene rings is 2. The number of amides is 5. The number of fused-ring (bicyclic) bond motifs is 2. The van der Waals surface area contributed by atoms with Crippen LogP contribution in [0.5, 0.6) is 0 Å². The van der Waals surface area contributed by atoms with Crippen molar-refractivity contribution in [3.63, 3.8) is 0 Å². The Labute approximate surface area is 259 Å². The summed E-state index contributed by atoms with van der Waals surface area (Å²) in [5.74, 6) is -1.52. The third-order valence-corrected chi connectivity index (χ3v) is 8.19. The number of unbranched alkanes of at least 4 members (excludes halogenated alkanes) is 3. The van der Waals surface area contributed by atoms with Crippen LogP contribution < -0.4 is 16.0 Å². The van der Waals surface area contributed by atoms with Crippen LogP contribution in [0.4, 0.5) is 5.69 Å². The largest absolute Gasteiger partial charge is 0.459 e. The van der Waals surface area contributed by atoms with Crippen LogP contribution in [0.15, 0.2) is 77.5 Å². The Morgan fingerprint density at radius 3 is 2.56 bits per heavy atom. The van der Waals surface area contributed by atoms with Gasteiger partial charge in [0, 0.05) is 42.9 Å². The molecule has 45 heavy (non-hydrogen) atoms. The van der Waals surface area contributed by atoms with E-state index in [1.54, 1.807) is 30.6 Å². The SMILES string of the molecule is O=C1CCC(N2C(=O)c3cccc(NCCCCCCC(=O)NC(c4ccncc4)c4cc5ccccc5o4)c3C2=O)C(=O)N1. The maximum atomic E-state index is 13.2. The minimum Gasteiger partial charge on any atom is -0.459 e. The number of nitrogens with one attached hydrogen (secondary N) is 3. The maximum Gasteiger partial charge on any atom is 0.264 e. The Bertz CT molecular complexity index is 1730. The van der Waals surface area contributed by atoms with Crippen LogP contribution in [0.25, 0.3) is 11.0 Å². The Balaban J connectivity index is 0.978. The predicted molar refractivity (Wildman–Crippen MR) is 165 cm³/mol. The summed E-state index contributed by atoms with van der Waals surface area (Å²) in [6, 6.07) is 17.0. The highest BCUT2D eigenvalue weighted by Gasteiger charge is 2.45. The van der Waals surface area contributed by atoms with Gasteiger partial charge in [-0.2, -0.15) is 0 Å². The minimum absolute atomic E-state index is 0.0704. The van der Waals surface area contributed by atoms with Gasteiger partial charge in [-0.3, -0.25) is 39.2 Å². The number of anilines is 1. The van der Waals surface area contributed by atoms with Crippen LogP contribution in [0.2, 0.25) is 0 Å². The molecule has 2 atom stereocenters. The Morgan fingerprint density at radius 1 is 0.956 bits per heavy atom. The predicted octanol–water partition coefficient (Wildman–Crippen LogP) is 4.50. The summed E-state index contributed by atoms with van der Waals surface area (Å²) in [6.45, 7) is 0.568. The van der Waals surface area contributed by atoms with Crippen LogP contribution in [0, 0.1) is 0 Å². The number of nitrogens with zero attached hydrogens (tertiary/aromatic N) is 2. The lowest BCUT2D eigenvalue weighted by molar-refractivity contribution is -0.136. The van der Waals surface area contributed by atoms with Gasteiger partial charge >= 0.3 is 0 Å². The fourth-order valence-electron chi connectivity index (χ4n) is 5.90. The van der Waals surface area contributed by atoms with Crippen molar-refractivity contribution in [2.75, 3.05) is 11.9 Å². The molecule has 4 heterocycles. The number of furan rings is 1. The number of hydrogen-bond acceptors (Lipinski definition) is 8. The number of carbonyl (C=O) groups is 5. The second-order valence-electron chi connectivity index (χ2n) is 11.2. The van der Waals surface area contributed by atoms with Crippen molar-refractivity contribution >= 4 is 46.2 Å². The van der Waals surface area contributed by atoms with Crippen LogP contribution in [0.3, 0.4) is 0 Å². The van der Waals surface area contributed by atoms with Crippen molar-refractivity contribution in [1.82, 2.24) is 20.5 Å². The summed E-state index contributed by atoms with van der Waals surface area (Å²) < 4.78 is 6.06. The average molecular weight is 608 g/mol. The third kappa shape index (κ3) is 6.33. The standard InChI is InChI=1S/C34H33N5O6/c40-28(37-31(21-15-18-35-19-16-21)27-20-22-8-4-5-11-26(22)45-27)12-3-1-2-6-17-36-24-10-7-9-23-30(24)34(44)39(33(23)43)25-13-14-29(41)38-32(25)42/h4-5,7-11,15-16,18-20,25,31,36H,1-3,6,12-14,17H2,(H,37,40)(H,38,41,42). The van der Waals surface area contributed by atoms with Crippen LogP contribution >= 0.6 is 0 Å². The zero-order valence-corrected chi connectivity index (χ0v) is 24.6. The molecule has 5 amide bonds. The summed E-state index contributed by atoms with van der Waals surface area (Å²) in [7, 11) is 0. The molecule has 0 aliphatic carbocycles. The molecule has 2 aromatic heterocycles. The highest BCUT2D eigenvalue weighted by molar-refractivity contribution is 6.25. The first-order chi connectivity index (χ1) is 21.9. The van der Waals surface area contributed by atoms with Crippen LogP contribution in [-0.4, -0.2) is 52.0 Å². The van der Waals surface area contributed by atoms with E-state index in [2.05, 4.69) is 20.9 Å². The number of imide groups is 2. The van der Waals surface area contributed by atoms with Crippen molar-refractivity contribution in [3.05, 3.63) is 95.5 Å². The molecule has 6 rings (SSSR count). The highest BCUT2D eigenvalue weighted by atomic mass is 16.3. The molecular weight excluding hydrogens is 574 g/mol. The van der Waals surface area contributed by atoms with Gasteiger partial charge in [0.2, 0.25) is 17.7 Å². The van der Waals surface area contributed by atoms with Gasteiger partial charge in [0.25, 0.3) is 11.8 Å². The molecular formula is C34H33N5O6. The van der Waals surface area contributed by atoms with Crippen LogP contribution in [-0.2, 0) is 14.4 Å². The van der Waals surface area contributed by atoms with Gasteiger partial charge in [-0.15, -0.1) is 0 Å². The average Bonchev–Trinajstić information content (AvgIpc) is 3.58. The van der Waals surface area contributed by atoms with E-state index in [0.717, 1.165) is 40.7 Å². The molecule has 2 aliphatic rings. The number of para-hydroxylation sites is 1. The molecule has 3 N–H and O–H groups in total. The van der Waals surface area contributed by atoms with Gasteiger partial charge in [0.1, 0.15) is 23.4 Å². The molecule has 1 saturated heterocycles. The van der Waals surface area contributed by atoms with E-state index in [1.807, 2.05) is 42.5 Å². The van der Waals surface area contributed by atoms with Crippen molar-refractivity contribution in [3.8, 4) is 0 Å². The smallest absolute Gasteiger partial charge is 0.264 e. The lowest BCUT2D eigenvalue weighted by atomic mass is 10.0. The first-order valence-electron chi connectivity index (χ1n) is 15.2. The van der Waals surface area contributed by atoms with E-state index in [-0.39, 0.29) is 29.9 Å². The first kappa shape index (κ1) is 29.7. The number of piperidine rings is 1. The molecule has 0 bridgehead atoms. The zero-order chi connectivity index (χ0) is 31.3. The summed E-state index contributed by atoms with van der Waals surface area (Å²) in [5.41, 5.74) is 2.67. The normalized spacial score (nSPS) is 16.9. The second kappa shape index (κ2) is 13.1. The lowest BCUT2D eigenvalue weighted by Crippen LogP contribution is -2.54. The minimum atomic E-state index is -1.00. The van der Waals surface area contributed by atoms with E-state index in [4.69, 9.17) is 4.42 Å². The van der Waals surface area contributed by atoms with Crippen molar-refractivity contribution in [2.24, 2.45) is 0 Å². The number of carbonyl (C=O) groups excluding carboxylic acids is 5. The first-order valence-corrected chi connectivity index (χ1v) is 15.2. The second-order valence-corrected chi connectivity index (χ2v) is 11.2. The topological polar surface area (TPSA) is 151 Å². The molecule has 11 heteroatoms. The van der Waals surface area contributed by atoms with Crippen molar-refractivity contribution < 1.29 is 28.4 Å². The van der Waals surface area contributed by atoms with E-state index in [0.29, 0.717) is 30.8 Å². The van der Waals surface area contributed by atoms with E-state index < -0.39 is 35.7 Å². The fraction of sp³-hybridized carbons (Fsp3) is 0.294. The molecule has 4 aromatic rings. The summed E-state index contributed by atoms with van der Waals surface area (Å²) in [5, 5.41) is 9.56. The molecule has 11 nitrogen and oxygen atoms in total. The van der Waals surface area contributed by atoms with Crippen molar-refractivity contribution in [2.45, 2.75) is 57.0 Å². The van der Waals surface area contributed by atoms with Gasteiger partial charge in [0.05, 0.1) is 11.1 Å². The molecule has 230 valence electrons. The summed E-state index contributed by atoms with van der Waals surface area (Å²) in [4.78, 5) is 68.2. The molecule has 0 spiro atoms.